The number of anilines is 1. The van der Waals surface area contributed by atoms with E-state index in [4.69, 9.17) is 0 Å². The van der Waals surface area contributed by atoms with Crippen LogP contribution in [0.2, 0.25) is 0 Å². The van der Waals surface area contributed by atoms with Crippen molar-refractivity contribution in [3.63, 3.8) is 0 Å². The largest absolute Gasteiger partial charge is 0.345 e. The average molecular weight is 396 g/mol. The van der Waals surface area contributed by atoms with Crippen LogP contribution in [0, 0.1) is 6.92 Å². The van der Waals surface area contributed by atoms with Gasteiger partial charge in [-0.2, -0.15) is 0 Å². The normalized spacial score (nSPS) is 19.6. The fourth-order valence-electron chi connectivity index (χ4n) is 3.58. The van der Waals surface area contributed by atoms with Crippen molar-refractivity contribution in [2.45, 2.75) is 64.6 Å². The molecule has 0 atom stereocenters. The first kappa shape index (κ1) is 18.9. The standard InChI is InChI=1S/C18H26BrN3O2/c1-11-6-7-14(13(19)8-11)21-16(24)15(23)20-12-9-17(2,3)22-18(4,5)10-12/h6-8,12,22H,9-10H2,1-5H3,(H,20,23)(H,21,24). The minimum Gasteiger partial charge on any atom is -0.345 e. The molecule has 0 bridgehead atoms. The van der Waals surface area contributed by atoms with Crippen LogP contribution in [0.5, 0.6) is 0 Å². The number of piperidine rings is 1. The SMILES string of the molecule is Cc1ccc(NC(=O)C(=O)NC2CC(C)(C)NC(C)(C)C2)c(Br)c1. The van der Waals surface area contributed by atoms with Gasteiger partial charge in [0.05, 0.1) is 5.69 Å². The first-order valence-corrected chi connectivity index (χ1v) is 8.94. The summed E-state index contributed by atoms with van der Waals surface area (Å²) in [7, 11) is 0. The molecule has 6 heteroatoms. The highest BCUT2D eigenvalue weighted by molar-refractivity contribution is 9.10. The molecule has 5 nitrogen and oxygen atoms in total. The van der Waals surface area contributed by atoms with E-state index < -0.39 is 11.8 Å². The molecule has 0 radical (unpaired) electrons. The number of carbonyl (C=O) groups is 2. The summed E-state index contributed by atoms with van der Waals surface area (Å²) in [5.41, 5.74) is 1.49. The first-order chi connectivity index (χ1) is 11.0. The lowest BCUT2D eigenvalue weighted by Crippen LogP contribution is -2.62. The molecule has 2 rings (SSSR count). The molecule has 0 saturated carbocycles. The highest BCUT2D eigenvalue weighted by Crippen LogP contribution is 2.28. The van der Waals surface area contributed by atoms with Crippen LogP contribution in [0.4, 0.5) is 5.69 Å². The Kier molecular flexibility index (Phi) is 5.40. The lowest BCUT2D eigenvalue weighted by Gasteiger charge is -2.46. The minimum absolute atomic E-state index is 0.0315. The molecule has 24 heavy (non-hydrogen) atoms. The lowest BCUT2D eigenvalue weighted by atomic mass is 9.79. The van der Waals surface area contributed by atoms with E-state index in [0.717, 1.165) is 22.9 Å². The van der Waals surface area contributed by atoms with Crippen molar-refractivity contribution < 1.29 is 9.59 Å². The number of aryl methyl sites for hydroxylation is 1. The third-order valence-corrected chi connectivity index (χ3v) is 4.76. The quantitative estimate of drug-likeness (QED) is 0.673. The highest BCUT2D eigenvalue weighted by Gasteiger charge is 2.38. The van der Waals surface area contributed by atoms with Crippen LogP contribution in [0.1, 0.15) is 46.1 Å². The van der Waals surface area contributed by atoms with E-state index in [1.165, 1.54) is 0 Å². The Bertz CT molecular complexity index is 640. The molecule has 132 valence electrons. The summed E-state index contributed by atoms with van der Waals surface area (Å²) in [6, 6.07) is 5.53. The second kappa shape index (κ2) is 6.84. The van der Waals surface area contributed by atoms with Gasteiger partial charge in [0.25, 0.3) is 0 Å². The molecule has 2 amide bonds. The van der Waals surface area contributed by atoms with Crippen LogP contribution < -0.4 is 16.0 Å². The summed E-state index contributed by atoms with van der Waals surface area (Å²) in [6.07, 6.45) is 1.56. The average Bonchev–Trinajstić information content (AvgIpc) is 2.38. The van der Waals surface area contributed by atoms with Crippen molar-refractivity contribution in [2.75, 3.05) is 5.32 Å². The number of nitrogens with one attached hydrogen (secondary N) is 3. The van der Waals surface area contributed by atoms with Crippen molar-refractivity contribution in [3.8, 4) is 0 Å². The second-order valence-electron chi connectivity index (χ2n) is 7.91. The highest BCUT2D eigenvalue weighted by atomic mass is 79.9. The number of rotatable bonds is 2. The van der Waals surface area contributed by atoms with Crippen molar-refractivity contribution in [2.24, 2.45) is 0 Å². The molecule has 0 spiro atoms. The fourth-order valence-corrected chi connectivity index (χ4v) is 4.17. The van der Waals surface area contributed by atoms with Crippen LogP contribution >= 0.6 is 15.9 Å². The second-order valence-corrected chi connectivity index (χ2v) is 8.76. The van der Waals surface area contributed by atoms with Gasteiger partial charge < -0.3 is 16.0 Å². The molecular weight excluding hydrogens is 370 g/mol. The molecule has 0 unspecified atom stereocenters. The Hall–Kier alpha value is -1.40. The third-order valence-electron chi connectivity index (χ3n) is 4.10. The Morgan fingerprint density at radius 3 is 2.25 bits per heavy atom. The topological polar surface area (TPSA) is 70.2 Å². The molecule has 1 aliphatic rings. The van der Waals surface area contributed by atoms with Gasteiger partial charge in [0.15, 0.2) is 0 Å². The Morgan fingerprint density at radius 1 is 1.12 bits per heavy atom. The molecule has 1 aliphatic heterocycles. The van der Waals surface area contributed by atoms with Crippen molar-refractivity contribution in [3.05, 3.63) is 28.2 Å². The van der Waals surface area contributed by atoms with Gasteiger partial charge in [-0.1, -0.05) is 6.07 Å². The summed E-state index contributed by atoms with van der Waals surface area (Å²) < 4.78 is 0.757. The number of carbonyl (C=O) groups excluding carboxylic acids is 2. The van der Waals surface area contributed by atoms with Gasteiger partial charge in [0, 0.05) is 21.6 Å². The molecule has 1 saturated heterocycles. The van der Waals surface area contributed by atoms with E-state index >= 15 is 0 Å². The summed E-state index contributed by atoms with van der Waals surface area (Å²) in [6.45, 7) is 10.4. The van der Waals surface area contributed by atoms with Crippen molar-refractivity contribution in [1.29, 1.82) is 0 Å². The molecule has 1 fully saturated rings. The lowest BCUT2D eigenvalue weighted by molar-refractivity contribution is -0.137. The van der Waals surface area contributed by atoms with Gasteiger partial charge in [0.2, 0.25) is 0 Å². The zero-order chi connectivity index (χ0) is 18.1. The molecule has 0 aliphatic carbocycles. The van der Waals surface area contributed by atoms with Crippen molar-refractivity contribution in [1.82, 2.24) is 10.6 Å². The first-order valence-electron chi connectivity index (χ1n) is 8.15. The van der Waals surface area contributed by atoms with Crippen LogP contribution in [0.25, 0.3) is 0 Å². The zero-order valence-electron chi connectivity index (χ0n) is 14.9. The Balaban J connectivity index is 2.00. The van der Waals surface area contributed by atoms with E-state index in [-0.39, 0.29) is 17.1 Å². The fraction of sp³-hybridized carbons (Fsp3) is 0.556. The maximum atomic E-state index is 12.3. The van der Waals surface area contributed by atoms with E-state index in [1.54, 1.807) is 6.07 Å². The van der Waals surface area contributed by atoms with Crippen molar-refractivity contribution >= 4 is 33.4 Å². The Morgan fingerprint density at radius 2 is 1.71 bits per heavy atom. The number of hydrogen-bond donors (Lipinski definition) is 3. The summed E-state index contributed by atoms with van der Waals surface area (Å²) in [4.78, 5) is 24.4. The number of halogens is 1. The van der Waals surface area contributed by atoms with Gasteiger partial charge in [-0.05, 0) is 81.1 Å². The zero-order valence-corrected chi connectivity index (χ0v) is 16.5. The van der Waals surface area contributed by atoms with Crippen LogP contribution in [0.15, 0.2) is 22.7 Å². The number of benzene rings is 1. The maximum absolute atomic E-state index is 12.3. The molecule has 1 heterocycles. The monoisotopic (exact) mass is 395 g/mol. The van der Waals surface area contributed by atoms with E-state index in [0.29, 0.717) is 5.69 Å². The van der Waals surface area contributed by atoms with Crippen LogP contribution in [0.3, 0.4) is 0 Å². The number of amides is 2. The van der Waals surface area contributed by atoms with Gasteiger partial charge in [-0.3, -0.25) is 9.59 Å². The third kappa shape index (κ3) is 5.05. The Labute approximate surface area is 152 Å². The van der Waals surface area contributed by atoms with Crippen LogP contribution in [-0.4, -0.2) is 28.9 Å². The van der Waals surface area contributed by atoms with Crippen LogP contribution in [-0.2, 0) is 9.59 Å². The predicted octanol–water partition coefficient (Wildman–Crippen LogP) is 3.12. The molecular formula is C18H26BrN3O2. The van der Waals surface area contributed by atoms with Gasteiger partial charge >= 0.3 is 11.8 Å². The molecule has 0 aromatic heterocycles. The summed E-state index contributed by atoms with van der Waals surface area (Å²) >= 11 is 3.40. The summed E-state index contributed by atoms with van der Waals surface area (Å²) in [5.74, 6) is -1.24. The smallest absolute Gasteiger partial charge is 0.313 e. The molecule has 3 N–H and O–H groups in total. The van der Waals surface area contributed by atoms with Gasteiger partial charge in [-0.15, -0.1) is 0 Å². The van der Waals surface area contributed by atoms with E-state index in [1.807, 2.05) is 19.1 Å². The molecule has 1 aromatic rings. The maximum Gasteiger partial charge on any atom is 0.313 e. The number of hydrogen-bond acceptors (Lipinski definition) is 3. The summed E-state index contributed by atoms with van der Waals surface area (Å²) in [5, 5.41) is 9.09. The van der Waals surface area contributed by atoms with E-state index in [2.05, 4.69) is 59.6 Å². The molecule has 1 aromatic carbocycles. The van der Waals surface area contributed by atoms with Gasteiger partial charge in [0.1, 0.15) is 0 Å². The predicted molar refractivity (Wildman–Crippen MR) is 100.0 cm³/mol. The van der Waals surface area contributed by atoms with Gasteiger partial charge in [-0.25, -0.2) is 0 Å². The van der Waals surface area contributed by atoms with E-state index in [9.17, 15) is 9.59 Å². The minimum atomic E-state index is -0.645.